The van der Waals surface area contributed by atoms with Gasteiger partial charge in [-0.05, 0) is 37.1 Å². The highest BCUT2D eigenvalue weighted by molar-refractivity contribution is 5.72. The highest BCUT2D eigenvalue weighted by Crippen LogP contribution is 2.23. The number of oxazole rings is 1. The molecule has 3 rings (SSSR count). The number of nitrogens with one attached hydrogen (secondary N) is 2. The Bertz CT molecular complexity index is 581. The summed E-state index contributed by atoms with van der Waals surface area (Å²) in [7, 11) is 0. The largest absolute Gasteiger partial charge is 0.417 e. The van der Waals surface area contributed by atoms with Gasteiger partial charge in [0, 0.05) is 12.1 Å². The summed E-state index contributed by atoms with van der Waals surface area (Å²) in [6, 6.07) is 5.89. The van der Waals surface area contributed by atoms with Crippen LogP contribution in [0, 0.1) is 0 Å². The zero-order valence-electron chi connectivity index (χ0n) is 9.40. The maximum atomic E-state index is 11.1. The van der Waals surface area contributed by atoms with Crippen LogP contribution in [0.2, 0.25) is 0 Å². The van der Waals surface area contributed by atoms with Gasteiger partial charge in [-0.2, -0.15) is 0 Å². The fraction of sp³-hybridized carbons (Fsp3) is 0.417. The SMILES string of the molecule is NC(c1ccc2[nH]c(=O)oc2c1)C1CCCN1. The Morgan fingerprint density at radius 3 is 3.12 bits per heavy atom. The molecule has 0 saturated carbocycles. The molecule has 2 unspecified atom stereocenters. The van der Waals surface area contributed by atoms with Crippen molar-refractivity contribution in [2.75, 3.05) is 6.54 Å². The van der Waals surface area contributed by atoms with Gasteiger partial charge >= 0.3 is 5.76 Å². The molecule has 5 nitrogen and oxygen atoms in total. The Morgan fingerprint density at radius 1 is 1.47 bits per heavy atom. The molecule has 1 aromatic carbocycles. The van der Waals surface area contributed by atoms with Gasteiger partial charge in [-0.25, -0.2) is 4.79 Å². The Balaban J connectivity index is 1.96. The lowest BCUT2D eigenvalue weighted by atomic mass is 9.99. The van der Waals surface area contributed by atoms with Crippen LogP contribution in [0.4, 0.5) is 0 Å². The van der Waals surface area contributed by atoms with Crippen molar-refractivity contribution in [2.24, 2.45) is 5.73 Å². The van der Waals surface area contributed by atoms with E-state index in [1.807, 2.05) is 18.2 Å². The monoisotopic (exact) mass is 233 g/mol. The predicted molar refractivity (Wildman–Crippen MR) is 64.8 cm³/mol. The molecule has 2 heterocycles. The predicted octanol–water partition coefficient (Wildman–Crippen LogP) is 0.873. The first-order valence-electron chi connectivity index (χ1n) is 5.86. The third kappa shape index (κ3) is 1.87. The lowest BCUT2D eigenvalue weighted by molar-refractivity contribution is 0.499. The smallest absolute Gasteiger partial charge is 0.408 e. The molecule has 0 bridgehead atoms. The maximum Gasteiger partial charge on any atom is 0.417 e. The molecule has 0 amide bonds. The fourth-order valence-corrected chi connectivity index (χ4v) is 2.42. The molecular weight excluding hydrogens is 218 g/mol. The minimum absolute atomic E-state index is 0.0536. The molecule has 0 spiro atoms. The maximum absolute atomic E-state index is 11.1. The van der Waals surface area contributed by atoms with Crippen LogP contribution in [0.1, 0.15) is 24.4 Å². The van der Waals surface area contributed by atoms with Crippen molar-refractivity contribution in [2.45, 2.75) is 24.9 Å². The van der Waals surface area contributed by atoms with Gasteiger partial charge < -0.3 is 15.5 Å². The second-order valence-electron chi connectivity index (χ2n) is 4.50. The van der Waals surface area contributed by atoms with Crippen molar-refractivity contribution in [3.63, 3.8) is 0 Å². The molecule has 2 atom stereocenters. The zero-order chi connectivity index (χ0) is 11.8. The summed E-state index contributed by atoms with van der Waals surface area (Å²) >= 11 is 0. The molecule has 0 aliphatic carbocycles. The van der Waals surface area contributed by atoms with Crippen LogP contribution in [0.3, 0.4) is 0 Å². The number of aromatic amines is 1. The zero-order valence-corrected chi connectivity index (χ0v) is 9.40. The van der Waals surface area contributed by atoms with Crippen molar-refractivity contribution in [1.82, 2.24) is 10.3 Å². The molecule has 0 radical (unpaired) electrons. The number of benzene rings is 1. The normalized spacial score (nSPS) is 22.1. The lowest BCUT2D eigenvalue weighted by Crippen LogP contribution is -2.34. The molecule has 1 aliphatic rings. The third-order valence-corrected chi connectivity index (χ3v) is 3.36. The Labute approximate surface area is 98.0 Å². The van der Waals surface area contributed by atoms with Crippen LogP contribution >= 0.6 is 0 Å². The first kappa shape index (κ1) is 10.6. The molecule has 5 heteroatoms. The van der Waals surface area contributed by atoms with Crippen molar-refractivity contribution in [1.29, 1.82) is 0 Å². The number of hydrogen-bond donors (Lipinski definition) is 3. The highest BCUT2D eigenvalue weighted by Gasteiger charge is 2.23. The van der Waals surface area contributed by atoms with Crippen LogP contribution < -0.4 is 16.8 Å². The summed E-state index contributed by atoms with van der Waals surface area (Å²) in [4.78, 5) is 13.7. The van der Waals surface area contributed by atoms with Crippen LogP contribution in [-0.4, -0.2) is 17.6 Å². The van der Waals surface area contributed by atoms with Crippen molar-refractivity contribution in [3.8, 4) is 0 Å². The number of rotatable bonds is 2. The van der Waals surface area contributed by atoms with Crippen LogP contribution in [0.25, 0.3) is 11.1 Å². The molecule has 1 fully saturated rings. The average molecular weight is 233 g/mol. The summed E-state index contributed by atoms with van der Waals surface area (Å²) in [5.74, 6) is -0.426. The van der Waals surface area contributed by atoms with Crippen LogP contribution in [-0.2, 0) is 0 Å². The summed E-state index contributed by atoms with van der Waals surface area (Å²) in [5, 5.41) is 3.38. The molecule has 2 aromatic rings. The minimum atomic E-state index is -0.426. The highest BCUT2D eigenvalue weighted by atomic mass is 16.4. The van der Waals surface area contributed by atoms with E-state index in [1.54, 1.807) is 0 Å². The van der Waals surface area contributed by atoms with Gasteiger partial charge in [0.15, 0.2) is 5.58 Å². The topological polar surface area (TPSA) is 84.1 Å². The average Bonchev–Trinajstić information content (AvgIpc) is 2.94. The van der Waals surface area contributed by atoms with E-state index in [1.165, 1.54) is 6.42 Å². The summed E-state index contributed by atoms with van der Waals surface area (Å²) in [6.07, 6.45) is 2.26. The number of hydrogen-bond acceptors (Lipinski definition) is 4. The minimum Gasteiger partial charge on any atom is -0.408 e. The van der Waals surface area contributed by atoms with Gasteiger partial charge in [0.25, 0.3) is 0 Å². The third-order valence-electron chi connectivity index (χ3n) is 3.36. The van der Waals surface area contributed by atoms with E-state index in [-0.39, 0.29) is 6.04 Å². The standard InChI is InChI=1S/C12H15N3O2/c13-11(9-2-1-5-14-9)7-3-4-8-10(6-7)17-12(16)15-8/h3-4,6,9,11,14H,1-2,5,13H2,(H,15,16). The number of fused-ring (bicyclic) bond motifs is 1. The van der Waals surface area contributed by atoms with E-state index in [0.29, 0.717) is 17.1 Å². The van der Waals surface area contributed by atoms with Crippen LogP contribution in [0.15, 0.2) is 27.4 Å². The van der Waals surface area contributed by atoms with Gasteiger partial charge in [0.1, 0.15) is 0 Å². The van der Waals surface area contributed by atoms with E-state index in [9.17, 15) is 4.79 Å². The molecule has 1 saturated heterocycles. The van der Waals surface area contributed by atoms with E-state index >= 15 is 0 Å². The fourth-order valence-electron chi connectivity index (χ4n) is 2.42. The molecular formula is C12H15N3O2. The number of H-pyrrole nitrogens is 1. The first-order chi connectivity index (χ1) is 8.24. The van der Waals surface area contributed by atoms with E-state index in [2.05, 4.69) is 10.3 Å². The van der Waals surface area contributed by atoms with Crippen molar-refractivity contribution < 1.29 is 4.42 Å². The Hall–Kier alpha value is -1.59. The second kappa shape index (κ2) is 4.01. The van der Waals surface area contributed by atoms with Gasteiger partial charge in [0.05, 0.1) is 5.52 Å². The van der Waals surface area contributed by atoms with E-state index in [0.717, 1.165) is 18.5 Å². The van der Waals surface area contributed by atoms with Gasteiger partial charge in [-0.1, -0.05) is 6.07 Å². The van der Waals surface area contributed by atoms with Crippen molar-refractivity contribution >= 4 is 11.1 Å². The summed E-state index contributed by atoms with van der Waals surface area (Å²) < 4.78 is 5.03. The van der Waals surface area contributed by atoms with Crippen LogP contribution in [0.5, 0.6) is 0 Å². The van der Waals surface area contributed by atoms with E-state index in [4.69, 9.17) is 10.2 Å². The first-order valence-corrected chi connectivity index (χ1v) is 5.86. The Morgan fingerprint density at radius 2 is 2.35 bits per heavy atom. The Kier molecular flexibility index (Phi) is 2.49. The van der Waals surface area contributed by atoms with Crippen molar-refractivity contribution in [3.05, 3.63) is 34.3 Å². The number of aromatic nitrogens is 1. The second-order valence-corrected chi connectivity index (χ2v) is 4.50. The quantitative estimate of drug-likeness (QED) is 0.718. The summed E-state index contributed by atoms with van der Waals surface area (Å²) in [5.41, 5.74) is 8.49. The van der Waals surface area contributed by atoms with E-state index < -0.39 is 5.76 Å². The molecule has 1 aromatic heterocycles. The molecule has 90 valence electrons. The molecule has 1 aliphatic heterocycles. The number of nitrogens with two attached hydrogens (primary N) is 1. The lowest BCUT2D eigenvalue weighted by Gasteiger charge is -2.19. The van der Waals surface area contributed by atoms with Gasteiger partial charge in [-0.3, -0.25) is 4.98 Å². The molecule has 4 N–H and O–H groups in total. The summed E-state index contributed by atoms with van der Waals surface area (Å²) in [6.45, 7) is 1.03. The van der Waals surface area contributed by atoms with Gasteiger partial charge in [0.2, 0.25) is 0 Å². The van der Waals surface area contributed by atoms with Gasteiger partial charge in [-0.15, -0.1) is 0 Å². The molecule has 17 heavy (non-hydrogen) atoms.